The molecule has 0 saturated carbocycles. The number of aliphatic hydroxyl groups excluding tert-OH is 3. The quantitative estimate of drug-likeness (QED) is 0.571. The van der Waals surface area contributed by atoms with Gasteiger partial charge in [-0.15, -0.1) is 6.58 Å². The molecular formula is C10H16O5. The highest BCUT2D eigenvalue weighted by molar-refractivity contribution is 5.19. The van der Waals surface area contributed by atoms with E-state index in [2.05, 4.69) is 6.58 Å². The highest BCUT2D eigenvalue weighted by Crippen LogP contribution is 2.34. The summed E-state index contributed by atoms with van der Waals surface area (Å²) in [4.78, 5) is 0. The molecule has 0 fully saturated rings. The minimum absolute atomic E-state index is 0.0508. The smallest absolute Gasteiger partial charge is 0.245 e. The molecular weight excluding hydrogens is 200 g/mol. The van der Waals surface area contributed by atoms with Crippen molar-refractivity contribution < 1.29 is 24.8 Å². The van der Waals surface area contributed by atoms with E-state index in [1.165, 1.54) is 6.08 Å². The van der Waals surface area contributed by atoms with Crippen molar-refractivity contribution in [2.24, 2.45) is 0 Å². The lowest BCUT2D eigenvalue weighted by molar-refractivity contribution is -0.136. The van der Waals surface area contributed by atoms with Crippen LogP contribution in [0.5, 0.6) is 0 Å². The summed E-state index contributed by atoms with van der Waals surface area (Å²) in [5.74, 6) is -0.809. The summed E-state index contributed by atoms with van der Waals surface area (Å²) < 4.78 is 10.6. The molecule has 86 valence electrons. The molecule has 15 heavy (non-hydrogen) atoms. The molecule has 0 amide bonds. The van der Waals surface area contributed by atoms with Crippen molar-refractivity contribution in [3.63, 3.8) is 0 Å². The molecule has 5 nitrogen and oxygen atoms in total. The number of aliphatic hydroxyl groups is 3. The Morgan fingerprint density at radius 2 is 1.87 bits per heavy atom. The number of hydrogen-bond donors (Lipinski definition) is 3. The normalized spacial score (nSPS) is 23.0. The van der Waals surface area contributed by atoms with Crippen LogP contribution in [0.4, 0.5) is 0 Å². The number of rotatable bonds is 4. The Hall–Kier alpha value is -1.04. The maximum Gasteiger partial charge on any atom is 0.245 e. The second-order valence-electron chi connectivity index (χ2n) is 3.71. The van der Waals surface area contributed by atoms with E-state index < -0.39 is 24.6 Å². The molecule has 0 unspecified atom stereocenters. The third kappa shape index (κ3) is 2.50. The van der Waals surface area contributed by atoms with Crippen LogP contribution in [0.25, 0.3) is 0 Å². The molecule has 0 radical (unpaired) electrons. The molecule has 0 aliphatic carbocycles. The van der Waals surface area contributed by atoms with Crippen LogP contribution >= 0.6 is 0 Å². The first-order chi connectivity index (χ1) is 6.91. The Bertz CT molecular complexity index is 282. The largest absolute Gasteiger partial charge is 0.451 e. The molecule has 2 atom stereocenters. The molecule has 1 aliphatic rings. The van der Waals surface area contributed by atoms with Gasteiger partial charge in [-0.25, -0.2) is 0 Å². The van der Waals surface area contributed by atoms with Crippen molar-refractivity contribution in [1.29, 1.82) is 0 Å². The van der Waals surface area contributed by atoms with E-state index in [0.29, 0.717) is 0 Å². The first-order valence-corrected chi connectivity index (χ1v) is 4.63. The first kappa shape index (κ1) is 12.0. The Kier molecular flexibility index (Phi) is 3.38. The van der Waals surface area contributed by atoms with E-state index in [4.69, 9.17) is 14.6 Å². The van der Waals surface area contributed by atoms with Gasteiger partial charge in [0, 0.05) is 13.8 Å². The topological polar surface area (TPSA) is 79.2 Å². The lowest BCUT2D eigenvalue weighted by atomic mass is 10.2. The van der Waals surface area contributed by atoms with Gasteiger partial charge >= 0.3 is 0 Å². The van der Waals surface area contributed by atoms with Crippen LogP contribution in [0, 0.1) is 0 Å². The summed E-state index contributed by atoms with van der Waals surface area (Å²) in [5.41, 5.74) is 0. The minimum atomic E-state index is -1.20. The summed E-state index contributed by atoms with van der Waals surface area (Å²) in [7, 11) is 0. The predicted octanol–water partition coefficient (Wildman–Crippen LogP) is -0.119. The maximum absolute atomic E-state index is 9.53. The van der Waals surface area contributed by atoms with E-state index >= 15 is 0 Å². The molecule has 0 spiro atoms. The van der Waals surface area contributed by atoms with E-state index in [0.717, 1.165) is 0 Å². The van der Waals surface area contributed by atoms with Gasteiger partial charge in [0.15, 0.2) is 11.5 Å². The Morgan fingerprint density at radius 1 is 1.33 bits per heavy atom. The van der Waals surface area contributed by atoms with Crippen molar-refractivity contribution in [2.45, 2.75) is 31.8 Å². The van der Waals surface area contributed by atoms with Crippen LogP contribution in [0.3, 0.4) is 0 Å². The monoisotopic (exact) mass is 216 g/mol. The average molecular weight is 216 g/mol. The van der Waals surface area contributed by atoms with Gasteiger partial charge in [-0.2, -0.15) is 0 Å². The zero-order valence-electron chi connectivity index (χ0n) is 8.80. The molecule has 3 N–H and O–H groups in total. The fraction of sp³-hybridized carbons (Fsp3) is 0.600. The molecule has 0 bridgehead atoms. The van der Waals surface area contributed by atoms with Crippen LogP contribution in [-0.4, -0.2) is 39.9 Å². The van der Waals surface area contributed by atoms with Gasteiger partial charge in [0.2, 0.25) is 5.79 Å². The van der Waals surface area contributed by atoms with Gasteiger partial charge in [0.1, 0.15) is 12.2 Å². The fourth-order valence-corrected chi connectivity index (χ4v) is 1.28. The summed E-state index contributed by atoms with van der Waals surface area (Å²) >= 11 is 0. The molecule has 1 rings (SSSR count). The number of hydrogen-bond acceptors (Lipinski definition) is 5. The van der Waals surface area contributed by atoms with Gasteiger partial charge in [0.05, 0.1) is 6.61 Å². The molecule has 1 heterocycles. The summed E-state index contributed by atoms with van der Waals surface area (Å²) in [6.45, 7) is 6.19. The highest BCUT2D eigenvalue weighted by atomic mass is 16.7. The van der Waals surface area contributed by atoms with Crippen LogP contribution in [-0.2, 0) is 9.47 Å². The van der Waals surface area contributed by atoms with Gasteiger partial charge in [-0.1, -0.05) is 6.08 Å². The lowest BCUT2D eigenvalue weighted by Crippen LogP contribution is -2.24. The van der Waals surface area contributed by atoms with Gasteiger partial charge in [0.25, 0.3) is 0 Å². The van der Waals surface area contributed by atoms with Gasteiger partial charge in [-0.3, -0.25) is 0 Å². The van der Waals surface area contributed by atoms with Crippen LogP contribution in [0.15, 0.2) is 24.2 Å². The molecule has 0 saturated heterocycles. The summed E-state index contributed by atoms with van der Waals surface area (Å²) in [6, 6.07) is 0. The molecule has 5 heteroatoms. The van der Waals surface area contributed by atoms with E-state index in [-0.39, 0.29) is 11.5 Å². The molecule has 0 aromatic rings. The average Bonchev–Trinajstić information content (AvgIpc) is 2.52. The van der Waals surface area contributed by atoms with Crippen LogP contribution < -0.4 is 0 Å². The maximum atomic E-state index is 9.53. The predicted molar refractivity (Wildman–Crippen MR) is 52.6 cm³/mol. The van der Waals surface area contributed by atoms with Crippen molar-refractivity contribution in [1.82, 2.24) is 0 Å². The van der Waals surface area contributed by atoms with Crippen molar-refractivity contribution >= 4 is 0 Å². The van der Waals surface area contributed by atoms with Crippen molar-refractivity contribution in [2.75, 3.05) is 6.61 Å². The lowest BCUT2D eigenvalue weighted by Gasteiger charge is -2.19. The third-order valence-corrected chi connectivity index (χ3v) is 1.92. The van der Waals surface area contributed by atoms with Gasteiger partial charge < -0.3 is 24.8 Å². The number of ether oxygens (including phenoxy) is 2. The van der Waals surface area contributed by atoms with Gasteiger partial charge in [-0.05, 0) is 0 Å². The SMILES string of the molecule is C=C[C@@H](O)C1=C([C@H](O)CO)OC(C)(C)O1. The Balaban J connectivity index is 2.97. The van der Waals surface area contributed by atoms with Crippen molar-refractivity contribution in [3.8, 4) is 0 Å². The first-order valence-electron chi connectivity index (χ1n) is 4.63. The summed E-state index contributed by atoms with van der Waals surface area (Å²) in [5, 5.41) is 27.8. The van der Waals surface area contributed by atoms with Crippen molar-refractivity contribution in [3.05, 3.63) is 24.2 Å². The van der Waals surface area contributed by atoms with E-state index in [1.54, 1.807) is 13.8 Å². The van der Waals surface area contributed by atoms with E-state index in [1.807, 2.05) is 0 Å². The van der Waals surface area contributed by atoms with Crippen LogP contribution in [0.1, 0.15) is 13.8 Å². The molecule has 1 aliphatic heterocycles. The second kappa shape index (κ2) is 4.22. The molecule has 0 aromatic carbocycles. The van der Waals surface area contributed by atoms with E-state index in [9.17, 15) is 10.2 Å². The fourth-order valence-electron chi connectivity index (χ4n) is 1.28. The highest BCUT2D eigenvalue weighted by Gasteiger charge is 2.39. The molecule has 0 aromatic heterocycles. The second-order valence-corrected chi connectivity index (χ2v) is 3.71. The third-order valence-electron chi connectivity index (χ3n) is 1.92. The van der Waals surface area contributed by atoms with Crippen LogP contribution in [0.2, 0.25) is 0 Å². The Morgan fingerprint density at radius 3 is 2.33 bits per heavy atom. The standard InChI is InChI=1S/C10H16O5/c1-4-6(12)8-9(7(13)5-11)15-10(2,3)14-8/h4,6-7,11-13H,1,5H2,2-3H3/t6-,7-/m1/s1. The summed E-state index contributed by atoms with van der Waals surface area (Å²) in [6.07, 6.45) is -0.996. The zero-order chi connectivity index (χ0) is 11.6. The minimum Gasteiger partial charge on any atom is -0.451 e. The Labute approximate surface area is 88.2 Å². The zero-order valence-corrected chi connectivity index (χ0v) is 8.80.